The first-order chi connectivity index (χ1) is 8.61. The molecule has 0 aromatic heterocycles. The molecule has 0 saturated heterocycles. The van der Waals surface area contributed by atoms with Gasteiger partial charge in [-0.1, -0.05) is 45.7 Å². The standard InChI is InChI=1S/C14H13BrClNO/c1-18-13-8-10(5-6-12(13)16)14(17)9-3-2-4-11(15)7-9/h2-8,14H,17H2,1H3. The van der Waals surface area contributed by atoms with Gasteiger partial charge in [0.2, 0.25) is 0 Å². The highest BCUT2D eigenvalue weighted by atomic mass is 79.9. The maximum Gasteiger partial charge on any atom is 0.137 e. The number of hydrogen-bond donors (Lipinski definition) is 1. The Hall–Kier alpha value is -1.03. The number of rotatable bonds is 3. The van der Waals surface area contributed by atoms with Crippen LogP contribution < -0.4 is 10.5 Å². The Balaban J connectivity index is 2.36. The van der Waals surface area contributed by atoms with Crippen LogP contribution in [0.1, 0.15) is 17.2 Å². The van der Waals surface area contributed by atoms with Crippen LogP contribution in [-0.4, -0.2) is 7.11 Å². The summed E-state index contributed by atoms with van der Waals surface area (Å²) in [6, 6.07) is 13.3. The molecule has 2 rings (SSSR count). The summed E-state index contributed by atoms with van der Waals surface area (Å²) in [6.07, 6.45) is 0. The second-order valence-corrected chi connectivity index (χ2v) is 5.25. The minimum atomic E-state index is -0.200. The Bertz CT molecular complexity index is 559. The van der Waals surface area contributed by atoms with Crippen LogP contribution in [-0.2, 0) is 0 Å². The summed E-state index contributed by atoms with van der Waals surface area (Å²) in [5, 5.41) is 0.586. The minimum Gasteiger partial charge on any atom is -0.495 e. The van der Waals surface area contributed by atoms with Gasteiger partial charge in [0, 0.05) is 4.47 Å². The number of nitrogens with two attached hydrogens (primary N) is 1. The van der Waals surface area contributed by atoms with Crippen LogP contribution in [0.15, 0.2) is 46.9 Å². The van der Waals surface area contributed by atoms with Crippen LogP contribution in [0.4, 0.5) is 0 Å². The van der Waals surface area contributed by atoms with Crippen LogP contribution in [0, 0.1) is 0 Å². The van der Waals surface area contributed by atoms with Gasteiger partial charge >= 0.3 is 0 Å². The van der Waals surface area contributed by atoms with Crippen LogP contribution in [0.5, 0.6) is 5.75 Å². The Kier molecular flexibility index (Phi) is 4.27. The second-order valence-electron chi connectivity index (χ2n) is 3.93. The number of ether oxygens (including phenoxy) is 1. The Labute approximate surface area is 120 Å². The van der Waals surface area contributed by atoms with E-state index in [9.17, 15) is 0 Å². The first-order valence-corrected chi connectivity index (χ1v) is 6.63. The van der Waals surface area contributed by atoms with E-state index >= 15 is 0 Å². The number of methoxy groups -OCH3 is 1. The summed E-state index contributed by atoms with van der Waals surface area (Å²) in [5.41, 5.74) is 8.24. The molecule has 0 aliphatic rings. The number of hydrogen-bond acceptors (Lipinski definition) is 2. The molecule has 0 heterocycles. The molecular weight excluding hydrogens is 314 g/mol. The van der Waals surface area contributed by atoms with Crippen molar-refractivity contribution >= 4 is 27.5 Å². The zero-order valence-electron chi connectivity index (χ0n) is 9.86. The zero-order chi connectivity index (χ0) is 13.1. The lowest BCUT2D eigenvalue weighted by Gasteiger charge is -2.14. The third-order valence-corrected chi connectivity index (χ3v) is 3.55. The smallest absolute Gasteiger partial charge is 0.137 e. The lowest BCUT2D eigenvalue weighted by Crippen LogP contribution is -2.11. The van der Waals surface area contributed by atoms with Gasteiger partial charge in [0.25, 0.3) is 0 Å². The van der Waals surface area contributed by atoms with Crippen molar-refractivity contribution < 1.29 is 4.74 Å². The summed E-state index contributed by atoms with van der Waals surface area (Å²) in [5.74, 6) is 0.639. The molecule has 18 heavy (non-hydrogen) atoms. The lowest BCUT2D eigenvalue weighted by molar-refractivity contribution is 0.414. The Morgan fingerprint density at radius 1 is 1.17 bits per heavy atom. The van der Waals surface area contributed by atoms with Gasteiger partial charge in [0.1, 0.15) is 5.75 Å². The highest BCUT2D eigenvalue weighted by molar-refractivity contribution is 9.10. The summed E-state index contributed by atoms with van der Waals surface area (Å²) in [7, 11) is 1.59. The van der Waals surface area contributed by atoms with E-state index in [1.807, 2.05) is 36.4 Å². The van der Waals surface area contributed by atoms with Crippen molar-refractivity contribution in [1.82, 2.24) is 0 Å². The van der Waals surface area contributed by atoms with Crippen LogP contribution in [0.3, 0.4) is 0 Å². The van der Waals surface area contributed by atoms with E-state index < -0.39 is 0 Å². The van der Waals surface area contributed by atoms with Crippen molar-refractivity contribution in [2.45, 2.75) is 6.04 Å². The quantitative estimate of drug-likeness (QED) is 0.919. The third-order valence-electron chi connectivity index (χ3n) is 2.74. The zero-order valence-corrected chi connectivity index (χ0v) is 12.2. The molecule has 1 atom stereocenters. The molecule has 94 valence electrons. The van der Waals surface area contributed by atoms with Gasteiger partial charge in [-0.2, -0.15) is 0 Å². The summed E-state index contributed by atoms with van der Waals surface area (Å²) in [4.78, 5) is 0. The average Bonchev–Trinajstić information content (AvgIpc) is 2.38. The fraction of sp³-hybridized carbons (Fsp3) is 0.143. The normalized spacial score (nSPS) is 12.2. The van der Waals surface area contributed by atoms with Crippen molar-refractivity contribution in [2.75, 3.05) is 7.11 Å². The predicted octanol–water partition coefficient (Wildman–Crippen LogP) is 4.16. The lowest BCUT2D eigenvalue weighted by atomic mass is 9.99. The van der Waals surface area contributed by atoms with Crippen LogP contribution >= 0.6 is 27.5 Å². The monoisotopic (exact) mass is 325 g/mol. The average molecular weight is 327 g/mol. The first-order valence-electron chi connectivity index (χ1n) is 5.46. The molecular formula is C14H13BrClNO. The first kappa shape index (κ1) is 13.4. The maximum absolute atomic E-state index is 6.24. The van der Waals surface area contributed by atoms with E-state index in [0.29, 0.717) is 10.8 Å². The van der Waals surface area contributed by atoms with Crippen molar-refractivity contribution in [3.8, 4) is 5.75 Å². The SMILES string of the molecule is COc1cc(C(N)c2cccc(Br)c2)ccc1Cl. The summed E-state index contributed by atoms with van der Waals surface area (Å²) < 4.78 is 6.21. The van der Waals surface area contributed by atoms with Gasteiger partial charge < -0.3 is 10.5 Å². The van der Waals surface area contributed by atoms with E-state index in [2.05, 4.69) is 15.9 Å². The predicted molar refractivity (Wildman–Crippen MR) is 78.2 cm³/mol. The molecule has 2 N–H and O–H groups in total. The topological polar surface area (TPSA) is 35.2 Å². The number of benzene rings is 2. The van der Waals surface area contributed by atoms with E-state index in [0.717, 1.165) is 15.6 Å². The van der Waals surface area contributed by atoms with Crippen molar-refractivity contribution in [1.29, 1.82) is 0 Å². The van der Waals surface area contributed by atoms with Crippen molar-refractivity contribution in [3.05, 3.63) is 63.1 Å². The minimum absolute atomic E-state index is 0.200. The Morgan fingerprint density at radius 2 is 1.89 bits per heavy atom. The highest BCUT2D eigenvalue weighted by Crippen LogP contribution is 2.30. The van der Waals surface area contributed by atoms with Gasteiger partial charge in [-0.3, -0.25) is 0 Å². The van der Waals surface area contributed by atoms with Gasteiger partial charge in [-0.05, 0) is 35.4 Å². The van der Waals surface area contributed by atoms with E-state index in [-0.39, 0.29) is 6.04 Å². The summed E-state index contributed by atoms with van der Waals surface area (Å²) >= 11 is 9.44. The molecule has 0 bridgehead atoms. The molecule has 0 aliphatic heterocycles. The van der Waals surface area contributed by atoms with E-state index in [1.54, 1.807) is 13.2 Å². The van der Waals surface area contributed by atoms with Crippen LogP contribution in [0.25, 0.3) is 0 Å². The van der Waals surface area contributed by atoms with Gasteiger partial charge in [-0.15, -0.1) is 0 Å². The molecule has 0 fully saturated rings. The molecule has 2 aromatic carbocycles. The fourth-order valence-corrected chi connectivity index (χ4v) is 2.37. The summed E-state index contributed by atoms with van der Waals surface area (Å²) in [6.45, 7) is 0. The molecule has 1 unspecified atom stereocenters. The molecule has 0 radical (unpaired) electrons. The molecule has 0 saturated carbocycles. The third kappa shape index (κ3) is 2.86. The van der Waals surface area contributed by atoms with Gasteiger partial charge in [-0.25, -0.2) is 0 Å². The largest absolute Gasteiger partial charge is 0.495 e. The van der Waals surface area contributed by atoms with Crippen LogP contribution in [0.2, 0.25) is 5.02 Å². The number of halogens is 2. The molecule has 0 amide bonds. The van der Waals surface area contributed by atoms with E-state index in [4.69, 9.17) is 22.1 Å². The molecule has 2 aromatic rings. The molecule has 2 nitrogen and oxygen atoms in total. The van der Waals surface area contributed by atoms with Crippen molar-refractivity contribution in [2.24, 2.45) is 5.73 Å². The second kappa shape index (κ2) is 5.74. The van der Waals surface area contributed by atoms with Crippen molar-refractivity contribution in [3.63, 3.8) is 0 Å². The van der Waals surface area contributed by atoms with E-state index in [1.165, 1.54) is 0 Å². The van der Waals surface area contributed by atoms with Gasteiger partial charge in [0.05, 0.1) is 18.2 Å². The van der Waals surface area contributed by atoms with Gasteiger partial charge in [0.15, 0.2) is 0 Å². The molecule has 4 heteroatoms. The highest BCUT2D eigenvalue weighted by Gasteiger charge is 2.11. The molecule has 0 spiro atoms. The maximum atomic E-state index is 6.24. The Morgan fingerprint density at radius 3 is 2.56 bits per heavy atom. The molecule has 0 aliphatic carbocycles. The fourth-order valence-electron chi connectivity index (χ4n) is 1.76.